The number of H-pyrrole nitrogens is 1. The highest BCUT2D eigenvalue weighted by molar-refractivity contribution is 6.07. The summed E-state index contributed by atoms with van der Waals surface area (Å²) in [5.41, 5.74) is 0.981. The van der Waals surface area contributed by atoms with E-state index in [1.54, 1.807) is 24.3 Å². The summed E-state index contributed by atoms with van der Waals surface area (Å²) >= 11 is 0. The van der Waals surface area contributed by atoms with Crippen molar-refractivity contribution in [3.05, 3.63) is 57.4 Å². The maximum Gasteiger partial charge on any atom is 0.417 e. The lowest BCUT2D eigenvalue weighted by atomic mass is 10.1. The lowest BCUT2D eigenvalue weighted by Gasteiger charge is -2.01. The zero-order chi connectivity index (χ0) is 13.0. The summed E-state index contributed by atoms with van der Waals surface area (Å²) in [6, 6.07) is 10.5. The molecule has 0 aliphatic carbocycles. The Kier molecular flexibility index (Phi) is 1.79. The zero-order valence-electron chi connectivity index (χ0n) is 9.60. The third-order valence-corrected chi connectivity index (χ3v) is 3.16. The molecule has 0 saturated heterocycles. The predicted octanol–water partition coefficient (Wildman–Crippen LogP) is 2.38. The van der Waals surface area contributed by atoms with Gasteiger partial charge in [0.05, 0.1) is 10.9 Å². The minimum Gasteiger partial charge on any atom is -0.422 e. The molecule has 0 fully saturated rings. The molecule has 4 rings (SSSR count). The molecule has 0 spiro atoms. The molecule has 0 atom stereocenters. The van der Waals surface area contributed by atoms with E-state index in [1.807, 2.05) is 12.1 Å². The van der Waals surface area contributed by atoms with E-state index in [4.69, 9.17) is 8.83 Å². The van der Waals surface area contributed by atoms with E-state index < -0.39 is 11.4 Å². The summed E-state index contributed by atoms with van der Waals surface area (Å²) < 4.78 is 10.3. The number of hydrogen-bond donors (Lipinski definition) is 1. The number of oxazole rings is 1. The number of rotatable bonds is 0. The maximum absolute atomic E-state index is 11.9. The summed E-state index contributed by atoms with van der Waals surface area (Å²) in [5.74, 6) is -0.531. The number of benzene rings is 2. The number of nitrogens with one attached hydrogen (secondary N) is 1. The molecule has 2 heterocycles. The molecule has 0 amide bonds. The molecule has 0 radical (unpaired) electrons. The second-order valence-corrected chi connectivity index (χ2v) is 4.29. The summed E-state index contributed by atoms with van der Waals surface area (Å²) in [6.07, 6.45) is 0. The van der Waals surface area contributed by atoms with Crippen LogP contribution >= 0.6 is 0 Å². The summed E-state index contributed by atoms with van der Waals surface area (Å²) in [7, 11) is 0. The first-order chi connectivity index (χ1) is 9.22. The smallest absolute Gasteiger partial charge is 0.417 e. The topological polar surface area (TPSA) is 76.2 Å². The highest BCUT2D eigenvalue weighted by Crippen LogP contribution is 2.26. The number of fused-ring (bicyclic) bond motifs is 4. The molecular weight excluding hydrogens is 246 g/mol. The Morgan fingerprint density at radius 2 is 1.63 bits per heavy atom. The first kappa shape index (κ1) is 10.1. The zero-order valence-corrected chi connectivity index (χ0v) is 9.60. The highest BCUT2D eigenvalue weighted by Gasteiger charge is 2.10. The molecule has 5 heteroatoms. The van der Waals surface area contributed by atoms with Crippen LogP contribution in [-0.4, -0.2) is 4.98 Å². The van der Waals surface area contributed by atoms with E-state index in [1.165, 1.54) is 0 Å². The van der Waals surface area contributed by atoms with Crippen molar-refractivity contribution >= 4 is 32.8 Å². The van der Waals surface area contributed by atoms with Crippen LogP contribution in [0.25, 0.3) is 32.8 Å². The van der Waals surface area contributed by atoms with Gasteiger partial charge in [0.15, 0.2) is 5.58 Å². The first-order valence-electron chi connectivity index (χ1n) is 5.71. The van der Waals surface area contributed by atoms with Crippen molar-refractivity contribution in [1.29, 1.82) is 0 Å². The van der Waals surface area contributed by atoms with Crippen LogP contribution in [0.5, 0.6) is 0 Å². The van der Waals surface area contributed by atoms with Gasteiger partial charge >= 0.3 is 11.4 Å². The average Bonchev–Trinajstić information content (AvgIpc) is 2.76. The summed E-state index contributed by atoms with van der Waals surface area (Å²) in [4.78, 5) is 25.6. The van der Waals surface area contributed by atoms with Gasteiger partial charge in [0, 0.05) is 16.8 Å². The van der Waals surface area contributed by atoms with Crippen LogP contribution in [0.3, 0.4) is 0 Å². The van der Waals surface area contributed by atoms with Gasteiger partial charge in [-0.1, -0.05) is 18.2 Å². The number of hydrogen-bond acceptors (Lipinski definition) is 4. The molecule has 1 N–H and O–H groups in total. The fourth-order valence-corrected chi connectivity index (χ4v) is 2.32. The molecule has 4 aromatic rings. The second kappa shape index (κ2) is 3.35. The normalized spacial score (nSPS) is 11.6. The highest BCUT2D eigenvalue weighted by atomic mass is 16.4. The maximum atomic E-state index is 11.9. The molecule has 0 saturated carbocycles. The standard InChI is InChI=1S/C14H7NO4/c16-13-8-4-2-1-3-7(8)9-5-12-10(6-11(9)18-13)15-14(17)19-12/h1-6H,(H,15,17). The largest absolute Gasteiger partial charge is 0.422 e. The molecule has 0 aliphatic heterocycles. The summed E-state index contributed by atoms with van der Waals surface area (Å²) in [5, 5.41) is 2.03. The molecule has 92 valence electrons. The Balaban J connectivity index is 2.35. The molecule has 0 bridgehead atoms. The lowest BCUT2D eigenvalue weighted by molar-refractivity contribution is 0.555. The fraction of sp³-hybridized carbons (Fsp3) is 0. The SMILES string of the molecule is O=c1[nH]c2cc3oc(=O)c4ccccc4c3cc2o1. The van der Waals surface area contributed by atoms with E-state index in [2.05, 4.69) is 4.98 Å². The minimum atomic E-state index is -0.531. The van der Waals surface area contributed by atoms with E-state index >= 15 is 0 Å². The van der Waals surface area contributed by atoms with Crippen molar-refractivity contribution in [2.24, 2.45) is 0 Å². The molecular formula is C14H7NO4. The lowest BCUT2D eigenvalue weighted by Crippen LogP contribution is -1.99. The van der Waals surface area contributed by atoms with Gasteiger partial charge < -0.3 is 8.83 Å². The molecule has 5 nitrogen and oxygen atoms in total. The minimum absolute atomic E-state index is 0.395. The number of aromatic amines is 1. The predicted molar refractivity (Wildman–Crippen MR) is 70.4 cm³/mol. The van der Waals surface area contributed by atoms with Gasteiger partial charge in [0.25, 0.3) is 0 Å². The van der Waals surface area contributed by atoms with E-state index in [-0.39, 0.29) is 0 Å². The quantitative estimate of drug-likeness (QED) is 0.385. The third-order valence-electron chi connectivity index (χ3n) is 3.16. The molecule has 19 heavy (non-hydrogen) atoms. The average molecular weight is 253 g/mol. The van der Waals surface area contributed by atoms with Gasteiger partial charge in [-0.15, -0.1) is 0 Å². The Hall–Kier alpha value is -2.82. The van der Waals surface area contributed by atoms with Gasteiger partial charge in [0.2, 0.25) is 0 Å². The van der Waals surface area contributed by atoms with Crippen LogP contribution in [0.1, 0.15) is 0 Å². The molecule has 0 unspecified atom stereocenters. The monoisotopic (exact) mass is 253 g/mol. The van der Waals surface area contributed by atoms with Crippen LogP contribution in [0.4, 0.5) is 0 Å². The molecule has 2 aromatic carbocycles. The third kappa shape index (κ3) is 1.35. The van der Waals surface area contributed by atoms with E-state index in [0.717, 1.165) is 10.8 Å². The van der Waals surface area contributed by atoms with Gasteiger partial charge in [-0.2, -0.15) is 0 Å². The van der Waals surface area contributed by atoms with Crippen molar-refractivity contribution in [1.82, 2.24) is 4.98 Å². The Morgan fingerprint density at radius 1 is 0.842 bits per heavy atom. The van der Waals surface area contributed by atoms with Crippen molar-refractivity contribution in [3.8, 4) is 0 Å². The second-order valence-electron chi connectivity index (χ2n) is 4.29. The first-order valence-corrected chi connectivity index (χ1v) is 5.71. The Morgan fingerprint density at radius 3 is 2.47 bits per heavy atom. The van der Waals surface area contributed by atoms with Crippen LogP contribution in [0.15, 0.2) is 54.8 Å². The van der Waals surface area contributed by atoms with Crippen molar-refractivity contribution < 1.29 is 8.83 Å². The van der Waals surface area contributed by atoms with Gasteiger partial charge in [0.1, 0.15) is 5.58 Å². The van der Waals surface area contributed by atoms with Crippen molar-refractivity contribution in [3.63, 3.8) is 0 Å². The molecule has 2 aromatic heterocycles. The van der Waals surface area contributed by atoms with Crippen LogP contribution in [0, 0.1) is 0 Å². The Labute approximate surface area is 105 Å². The van der Waals surface area contributed by atoms with E-state index in [0.29, 0.717) is 22.1 Å². The van der Waals surface area contributed by atoms with Crippen molar-refractivity contribution in [2.75, 3.05) is 0 Å². The van der Waals surface area contributed by atoms with Crippen LogP contribution < -0.4 is 11.4 Å². The fourth-order valence-electron chi connectivity index (χ4n) is 2.32. The number of aromatic nitrogens is 1. The van der Waals surface area contributed by atoms with Gasteiger partial charge in [-0.25, -0.2) is 9.59 Å². The van der Waals surface area contributed by atoms with Crippen molar-refractivity contribution in [2.45, 2.75) is 0 Å². The summed E-state index contributed by atoms with van der Waals surface area (Å²) in [6.45, 7) is 0. The van der Waals surface area contributed by atoms with Gasteiger partial charge in [-0.3, -0.25) is 4.98 Å². The molecule has 0 aliphatic rings. The van der Waals surface area contributed by atoms with Crippen LogP contribution in [0.2, 0.25) is 0 Å². The Bertz CT molecular complexity index is 1050. The van der Waals surface area contributed by atoms with Crippen LogP contribution in [-0.2, 0) is 0 Å². The van der Waals surface area contributed by atoms with E-state index in [9.17, 15) is 9.59 Å². The van der Waals surface area contributed by atoms with Gasteiger partial charge in [-0.05, 0) is 12.1 Å².